The van der Waals surface area contributed by atoms with E-state index in [0.717, 1.165) is 12.8 Å². The van der Waals surface area contributed by atoms with Crippen molar-refractivity contribution in [1.29, 1.82) is 5.26 Å². The summed E-state index contributed by atoms with van der Waals surface area (Å²) >= 11 is 0. The molecule has 0 saturated heterocycles. The fourth-order valence-electron chi connectivity index (χ4n) is 2.56. The first-order valence-corrected chi connectivity index (χ1v) is 9.46. The van der Waals surface area contributed by atoms with Crippen LogP contribution in [0.15, 0.2) is 48.0 Å². The normalized spacial score (nSPS) is 10.7. The molecule has 0 aliphatic heterocycles. The molecule has 2 aromatic carbocycles. The van der Waals surface area contributed by atoms with Gasteiger partial charge in [-0.25, -0.2) is 4.79 Å². The molecule has 0 aliphatic rings. The molecule has 2 aromatic rings. The van der Waals surface area contributed by atoms with E-state index in [9.17, 15) is 14.9 Å². The average Bonchev–Trinajstić information content (AvgIpc) is 2.78. The molecule has 0 atom stereocenters. The summed E-state index contributed by atoms with van der Waals surface area (Å²) in [5.74, 6) is 0.0529. The van der Waals surface area contributed by atoms with Gasteiger partial charge in [-0.2, -0.15) is 5.26 Å². The van der Waals surface area contributed by atoms with Crippen molar-refractivity contribution in [3.05, 3.63) is 59.2 Å². The minimum atomic E-state index is -0.566. The number of unbranched alkanes of at least 4 members (excludes halogenated alkanes) is 1. The molecule has 0 heterocycles. The zero-order valence-electron chi connectivity index (χ0n) is 17.2. The van der Waals surface area contributed by atoms with Crippen LogP contribution in [0.25, 0.3) is 6.08 Å². The maximum absolute atomic E-state index is 12.4. The van der Waals surface area contributed by atoms with Crippen molar-refractivity contribution < 1.29 is 23.8 Å². The Kier molecular flexibility index (Phi) is 8.45. The molecule has 0 bridgehead atoms. The highest BCUT2D eigenvalue weighted by molar-refractivity contribution is 6.01. The zero-order chi connectivity index (χ0) is 21.9. The highest BCUT2D eigenvalue weighted by atomic mass is 16.6. The number of nitrogens with zero attached hydrogens (tertiary/aromatic N) is 1. The number of ether oxygens (including phenoxy) is 3. The highest BCUT2D eigenvalue weighted by Gasteiger charge is 2.14. The van der Waals surface area contributed by atoms with E-state index in [4.69, 9.17) is 14.2 Å². The minimum Gasteiger partial charge on any atom is -0.497 e. The number of nitrogens with one attached hydrogen (secondary N) is 1. The summed E-state index contributed by atoms with van der Waals surface area (Å²) in [6.45, 7) is 2.53. The number of carbonyl (C=O) groups excluding carboxylic acids is 2. The molecule has 156 valence electrons. The average molecular weight is 408 g/mol. The van der Waals surface area contributed by atoms with E-state index in [0.29, 0.717) is 29.2 Å². The van der Waals surface area contributed by atoms with Crippen LogP contribution in [0.2, 0.25) is 0 Å². The lowest BCUT2D eigenvalue weighted by Gasteiger charge is -2.11. The Morgan fingerprint density at radius 1 is 1.10 bits per heavy atom. The summed E-state index contributed by atoms with van der Waals surface area (Å²) < 4.78 is 15.9. The number of hydrogen-bond acceptors (Lipinski definition) is 6. The molecule has 30 heavy (non-hydrogen) atoms. The van der Waals surface area contributed by atoms with Crippen molar-refractivity contribution in [3.8, 4) is 23.3 Å². The summed E-state index contributed by atoms with van der Waals surface area (Å²) in [6.07, 6.45) is 3.24. The molecule has 0 unspecified atom stereocenters. The number of hydrogen-bond donors (Lipinski definition) is 1. The van der Waals surface area contributed by atoms with Gasteiger partial charge in [-0.15, -0.1) is 0 Å². The Morgan fingerprint density at radius 3 is 2.57 bits per heavy atom. The minimum absolute atomic E-state index is 0.0192. The van der Waals surface area contributed by atoms with Gasteiger partial charge in [0.15, 0.2) is 11.5 Å². The highest BCUT2D eigenvalue weighted by Crippen LogP contribution is 2.30. The third kappa shape index (κ3) is 6.11. The number of esters is 1. The van der Waals surface area contributed by atoms with Crippen LogP contribution in [0.4, 0.5) is 0 Å². The van der Waals surface area contributed by atoms with Gasteiger partial charge in [0.2, 0.25) is 0 Å². The number of benzene rings is 2. The molecule has 0 fully saturated rings. The summed E-state index contributed by atoms with van der Waals surface area (Å²) in [4.78, 5) is 24.5. The monoisotopic (exact) mass is 408 g/mol. The van der Waals surface area contributed by atoms with Crippen LogP contribution in [0, 0.1) is 11.3 Å². The van der Waals surface area contributed by atoms with Gasteiger partial charge in [-0.05, 0) is 48.4 Å². The van der Waals surface area contributed by atoms with E-state index in [1.54, 1.807) is 42.5 Å². The molecule has 7 nitrogen and oxygen atoms in total. The van der Waals surface area contributed by atoms with Gasteiger partial charge in [-0.1, -0.05) is 25.5 Å². The first kappa shape index (κ1) is 22.5. The first-order valence-electron chi connectivity index (χ1n) is 9.46. The van der Waals surface area contributed by atoms with Crippen LogP contribution >= 0.6 is 0 Å². The molecule has 0 saturated carbocycles. The third-order valence-electron chi connectivity index (χ3n) is 4.19. The van der Waals surface area contributed by atoms with E-state index >= 15 is 0 Å². The van der Waals surface area contributed by atoms with Gasteiger partial charge >= 0.3 is 5.97 Å². The summed E-state index contributed by atoms with van der Waals surface area (Å²) in [7, 11) is 2.95. The number of amides is 1. The van der Waals surface area contributed by atoms with Crippen molar-refractivity contribution in [2.75, 3.05) is 20.8 Å². The Balaban J connectivity index is 2.20. The topological polar surface area (TPSA) is 97.7 Å². The van der Waals surface area contributed by atoms with Crippen LogP contribution in [0.3, 0.4) is 0 Å². The number of nitriles is 1. The molecular formula is C23H24N2O5. The molecule has 0 aromatic heterocycles. The SMILES string of the molecule is CCCCNC(=O)/C(C#N)=C/c1ccc(OC(=O)c2cccc(OC)c2)c(OC)c1. The summed E-state index contributed by atoms with van der Waals surface area (Å²) in [5.41, 5.74) is 0.875. The molecule has 7 heteroatoms. The summed E-state index contributed by atoms with van der Waals surface area (Å²) in [6, 6.07) is 13.3. The second kappa shape index (κ2) is 11.3. The van der Waals surface area contributed by atoms with Crippen molar-refractivity contribution in [1.82, 2.24) is 5.32 Å². The molecule has 0 aliphatic carbocycles. The summed E-state index contributed by atoms with van der Waals surface area (Å²) in [5, 5.41) is 12.0. The van der Waals surface area contributed by atoms with Gasteiger partial charge in [0.1, 0.15) is 17.4 Å². The van der Waals surface area contributed by atoms with E-state index in [1.165, 1.54) is 20.3 Å². The Bertz CT molecular complexity index is 976. The Labute approximate surface area is 175 Å². The van der Waals surface area contributed by atoms with Gasteiger partial charge in [-0.3, -0.25) is 4.79 Å². The fraction of sp³-hybridized carbons (Fsp3) is 0.261. The second-order valence-electron chi connectivity index (χ2n) is 6.31. The van der Waals surface area contributed by atoms with Crippen LogP contribution < -0.4 is 19.5 Å². The lowest BCUT2D eigenvalue weighted by Crippen LogP contribution is -2.25. The van der Waals surface area contributed by atoms with Crippen molar-refractivity contribution in [2.24, 2.45) is 0 Å². The smallest absolute Gasteiger partial charge is 0.343 e. The quantitative estimate of drug-likeness (QED) is 0.223. The van der Waals surface area contributed by atoms with Gasteiger partial charge in [0, 0.05) is 6.54 Å². The molecule has 0 radical (unpaired) electrons. The van der Waals surface area contributed by atoms with Gasteiger partial charge in [0.25, 0.3) is 5.91 Å². The molecular weight excluding hydrogens is 384 g/mol. The van der Waals surface area contributed by atoms with Crippen LogP contribution in [0.5, 0.6) is 17.2 Å². The van der Waals surface area contributed by atoms with Crippen molar-refractivity contribution in [3.63, 3.8) is 0 Å². The van der Waals surface area contributed by atoms with Crippen molar-refractivity contribution in [2.45, 2.75) is 19.8 Å². The number of methoxy groups -OCH3 is 2. The number of rotatable bonds is 9. The van der Waals surface area contributed by atoms with Gasteiger partial charge in [0.05, 0.1) is 19.8 Å². The van der Waals surface area contributed by atoms with E-state index < -0.39 is 11.9 Å². The predicted molar refractivity (Wildman–Crippen MR) is 112 cm³/mol. The largest absolute Gasteiger partial charge is 0.497 e. The van der Waals surface area contributed by atoms with Crippen LogP contribution in [-0.4, -0.2) is 32.6 Å². The van der Waals surface area contributed by atoms with Crippen LogP contribution in [-0.2, 0) is 4.79 Å². The molecule has 0 spiro atoms. The molecule has 1 amide bonds. The van der Waals surface area contributed by atoms with E-state index in [-0.39, 0.29) is 11.3 Å². The van der Waals surface area contributed by atoms with E-state index in [1.807, 2.05) is 13.0 Å². The standard InChI is InChI=1S/C23H24N2O5/c1-4-5-11-25-22(26)18(15-24)12-16-9-10-20(21(13-16)29-3)30-23(27)17-7-6-8-19(14-17)28-2/h6-10,12-14H,4-5,11H2,1-3H3,(H,25,26)/b18-12+. The lowest BCUT2D eigenvalue weighted by atomic mass is 10.1. The lowest BCUT2D eigenvalue weighted by molar-refractivity contribution is -0.117. The second-order valence-corrected chi connectivity index (χ2v) is 6.31. The van der Waals surface area contributed by atoms with E-state index in [2.05, 4.69) is 5.32 Å². The maximum atomic E-state index is 12.4. The first-order chi connectivity index (χ1) is 14.5. The Hall–Kier alpha value is -3.79. The fourth-order valence-corrected chi connectivity index (χ4v) is 2.56. The third-order valence-corrected chi connectivity index (χ3v) is 4.19. The Morgan fingerprint density at radius 2 is 1.90 bits per heavy atom. The van der Waals surface area contributed by atoms with Crippen LogP contribution in [0.1, 0.15) is 35.7 Å². The maximum Gasteiger partial charge on any atom is 0.343 e. The zero-order valence-corrected chi connectivity index (χ0v) is 17.2. The van der Waals surface area contributed by atoms with Gasteiger partial charge < -0.3 is 19.5 Å². The predicted octanol–water partition coefficient (Wildman–Crippen LogP) is 3.75. The number of carbonyl (C=O) groups is 2. The molecule has 2 rings (SSSR count). The van der Waals surface area contributed by atoms with Crippen molar-refractivity contribution >= 4 is 18.0 Å². The molecule has 1 N–H and O–H groups in total.